The minimum absolute atomic E-state index is 0.0620. The molecule has 0 unspecified atom stereocenters. The molecule has 0 spiro atoms. The fourth-order valence-corrected chi connectivity index (χ4v) is 3.75. The molecule has 1 aromatic carbocycles. The first-order valence-corrected chi connectivity index (χ1v) is 9.85. The molecule has 6 heteroatoms. The lowest BCUT2D eigenvalue weighted by Gasteiger charge is -2.26. The Morgan fingerprint density at radius 3 is 2.93 bits per heavy atom. The molecule has 0 bridgehead atoms. The van der Waals surface area contributed by atoms with Crippen molar-refractivity contribution >= 4 is 28.4 Å². The van der Waals surface area contributed by atoms with Crippen LogP contribution in [0.3, 0.4) is 0 Å². The first-order valence-electron chi connectivity index (χ1n) is 9.48. The van der Waals surface area contributed by atoms with E-state index in [2.05, 4.69) is 9.97 Å². The van der Waals surface area contributed by atoms with Gasteiger partial charge in [-0.2, -0.15) is 0 Å². The van der Waals surface area contributed by atoms with E-state index >= 15 is 0 Å². The van der Waals surface area contributed by atoms with Crippen LogP contribution in [0.1, 0.15) is 34.6 Å². The predicted molar refractivity (Wildman–Crippen MR) is 109 cm³/mol. The van der Waals surface area contributed by atoms with Crippen molar-refractivity contribution < 1.29 is 9.53 Å². The van der Waals surface area contributed by atoms with Crippen LogP contribution in [0.25, 0.3) is 10.9 Å². The molecule has 1 fully saturated rings. The third-order valence-electron chi connectivity index (χ3n) is 5.01. The van der Waals surface area contributed by atoms with Gasteiger partial charge < -0.3 is 9.64 Å². The summed E-state index contributed by atoms with van der Waals surface area (Å²) in [7, 11) is 0. The lowest BCUT2D eigenvalue weighted by molar-refractivity contribution is 0.0503. The van der Waals surface area contributed by atoms with Gasteiger partial charge in [0.25, 0.3) is 5.91 Å². The summed E-state index contributed by atoms with van der Waals surface area (Å²) in [5.41, 5.74) is 2.97. The molecule has 0 aliphatic carbocycles. The van der Waals surface area contributed by atoms with Gasteiger partial charge in [0.05, 0.1) is 35.1 Å². The van der Waals surface area contributed by atoms with Crippen molar-refractivity contribution in [1.29, 1.82) is 0 Å². The number of fused-ring (bicyclic) bond motifs is 1. The molecule has 0 radical (unpaired) electrons. The van der Waals surface area contributed by atoms with Gasteiger partial charge in [-0.1, -0.05) is 17.7 Å². The molecule has 5 nitrogen and oxygen atoms in total. The number of ether oxygens (including phenoxy) is 1. The molecule has 3 aromatic rings. The van der Waals surface area contributed by atoms with E-state index in [9.17, 15) is 4.79 Å². The highest BCUT2D eigenvalue weighted by atomic mass is 35.5. The molecule has 1 amide bonds. The Morgan fingerprint density at radius 2 is 2.18 bits per heavy atom. The number of hydrogen-bond acceptors (Lipinski definition) is 4. The van der Waals surface area contributed by atoms with Crippen molar-refractivity contribution in [3.8, 4) is 0 Å². The van der Waals surface area contributed by atoms with E-state index in [-0.39, 0.29) is 12.0 Å². The smallest absolute Gasteiger partial charge is 0.256 e. The average Bonchev–Trinajstić information content (AvgIpc) is 3.21. The molecular weight excluding hydrogens is 374 g/mol. The molecule has 0 N–H and O–H groups in total. The topological polar surface area (TPSA) is 55.3 Å². The lowest BCUT2D eigenvalue weighted by Crippen LogP contribution is -2.37. The van der Waals surface area contributed by atoms with Crippen LogP contribution in [-0.4, -0.2) is 40.0 Å². The summed E-state index contributed by atoms with van der Waals surface area (Å²) in [5, 5.41) is 1.48. The van der Waals surface area contributed by atoms with Crippen molar-refractivity contribution in [3.63, 3.8) is 0 Å². The molecule has 144 valence electrons. The van der Waals surface area contributed by atoms with Crippen molar-refractivity contribution in [3.05, 3.63) is 70.6 Å². The van der Waals surface area contributed by atoms with Gasteiger partial charge in [-0.3, -0.25) is 14.8 Å². The highest BCUT2D eigenvalue weighted by molar-refractivity contribution is 6.31. The second-order valence-corrected chi connectivity index (χ2v) is 7.54. The van der Waals surface area contributed by atoms with E-state index in [1.807, 2.05) is 54.3 Å². The molecule has 1 atom stereocenters. The van der Waals surface area contributed by atoms with Gasteiger partial charge in [-0.25, -0.2) is 0 Å². The SMILES string of the molecule is Cc1nc2ccc(Cl)cc2cc1C(=O)N(Cc1ccccn1)C[C@@H]1CCCO1. The van der Waals surface area contributed by atoms with E-state index in [0.717, 1.165) is 36.0 Å². The third kappa shape index (κ3) is 4.16. The maximum Gasteiger partial charge on any atom is 0.256 e. The molecular formula is C22H22ClN3O2. The van der Waals surface area contributed by atoms with Gasteiger partial charge in [0, 0.05) is 29.8 Å². The summed E-state index contributed by atoms with van der Waals surface area (Å²) in [6, 6.07) is 13.1. The number of amides is 1. The fourth-order valence-electron chi connectivity index (χ4n) is 3.57. The van der Waals surface area contributed by atoms with Crippen LogP contribution in [0.15, 0.2) is 48.7 Å². The zero-order valence-corrected chi connectivity index (χ0v) is 16.5. The van der Waals surface area contributed by atoms with E-state index in [1.165, 1.54) is 0 Å². The van der Waals surface area contributed by atoms with Gasteiger partial charge in [-0.15, -0.1) is 0 Å². The van der Waals surface area contributed by atoms with E-state index < -0.39 is 0 Å². The van der Waals surface area contributed by atoms with Crippen LogP contribution in [0.4, 0.5) is 0 Å². The number of rotatable bonds is 5. The van der Waals surface area contributed by atoms with Crippen LogP contribution >= 0.6 is 11.6 Å². The standard InChI is InChI=1S/C22H22ClN3O2/c1-15-20(12-16-11-17(23)7-8-21(16)25-15)22(27)26(14-19-6-4-10-28-19)13-18-5-2-3-9-24-18/h2-3,5,7-9,11-12,19H,4,6,10,13-14H2,1H3/t19-/m0/s1. The van der Waals surface area contributed by atoms with Gasteiger partial charge >= 0.3 is 0 Å². The largest absolute Gasteiger partial charge is 0.376 e. The van der Waals surface area contributed by atoms with Crippen molar-refractivity contribution in [2.75, 3.05) is 13.2 Å². The minimum Gasteiger partial charge on any atom is -0.376 e. The minimum atomic E-state index is -0.0620. The van der Waals surface area contributed by atoms with E-state index in [0.29, 0.717) is 29.4 Å². The maximum atomic E-state index is 13.5. The zero-order chi connectivity index (χ0) is 19.5. The van der Waals surface area contributed by atoms with Crippen LogP contribution in [0.5, 0.6) is 0 Å². The van der Waals surface area contributed by atoms with Crippen LogP contribution < -0.4 is 0 Å². The molecule has 1 aliphatic heterocycles. The first-order chi connectivity index (χ1) is 13.6. The third-order valence-corrected chi connectivity index (χ3v) is 5.25. The summed E-state index contributed by atoms with van der Waals surface area (Å²) in [6.07, 6.45) is 3.81. The monoisotopic (exact) mass is 395 g/mol. The molecule has 28 heavy (non-hydrogen) atoms. The number of nitrogens with zero attached hydrogens (tertiary/aromatic N) is 3. The van der Waals surface area contributed by atoms with Crippen LogP contribution in [0.2, 0.25) is 5.02 Å². The molecule has 4 rings (SSSR count). The second-order valence-electron chi connectivity index (χ2n) is 7.10. The molecule has 0 saturated carbocycles. The predicted octanol–water partition coefficient (Wildman–Crippen LogP) is 4.41. The molecule has 3 heterocycles. The molecule has 1 saturated heterocycles. The lowest BCUT2D eigenvalue weighted by atomic mass is 10.1. The number of aryl methyl sites for hydroxylation is 1. The molecule has 2 aromatic heterocycles. The normalized spacial score (nSPS) is 16.4. The fraction of sp³-hybridized carbons (Fsp3) is 0.318. The van der Waals surface area contributed by atoms with Gasteiger partial charge in [-0.05, 0) is 56.2 Å². The Kier molecular flexibility index (Phi) is 5.55. The maximum absolute atomic E-state index is 13.5. The van der Waals surface area contributed by atoms with Gasteiger partial charge in [0.15, 0.2) is 0 Å². The number of benzene rings is 1. The number of hydrogen-bond donors (Lipinski definition) is 0. The van der Waals surface area contributed by atoms with E-state index in [1.54, 1.807) is 6.20 Å². The first kappa shape index (κ1) is 18.8. The highest BCUT2D eigenvalue weighted by Crippen LogP contribution is 2.23. The second kappa shape index (κ2) is 8.25. The Morgan fingerprint density at radius 1 is 1.29 bits per heavy atom. The van der Waals surface area contributed by atoms with E-state index in [4.69, 9.17) is 16.3 Å². The summed E-state index contributed by atoms with van der Waals surface area (Å²) in [5.74, 6) is -0.0620. The summed E-state index contributed by atoms with van der Waals surface area (Å²) >= 11 is 6.13. The van der Waals surface area contributed by atoms with Crippen molar-refractivity contribution in [2.45, 2.75) is 32.4 Å². The Labute approximate surface area is 169 Å². The van der Waals surface area contributed by atoms with Crippen molar-refractivity contribution in [1.82, 2.24) is 14.9 Å². The number of carbonyl (C=O) groups excluding carboxylic acids is 1. The summed E-state index contributed by atoms with van der Waals surface area (Å²) in [6.45, 7) is 3.60. The zero-order valence-electron chi connectivity index (χ0n) is 15.8. The number of carbonyl (C=O) groups is 1. The Bertz CT molecular complexity index is 988. The van der Waals surface area contributed by atoms with Gasteiger partial charge in [0.1, 0.15) is 0 Å². The Balaban J connectivity index is 1.67. The van der Waals surface area contributed by atoms with Crippen LogP contribution in [-0.2, 0) is 11.3 Å². The molecule has 1 aliphatic rings. The average molecular weight is 396 g/mol. The number of pyridine rings is 2. The summed E-state index contributed by atoms with van der Waals surface area (Å²) in [4.78, 5) is 24.3. The van der Waals surface area contributed by atoms with Crippen molar-refractivity contribution in [2.24, 2.45) is 0 Å². The quantitative estimate of drug-likeness (QED) is 0.642. The summed E-state index contributed by atoms with van der Waals surface area (Å²) < 4.78 is 5.78. The highest BCUT2D eigenvalue weighted by Gasteiger charge is 2.25. The Hall–Kier alpha value is -2.50. The number of halogens is 1. The number of aromatic nitrogens is 2. The van der Waals surface area contributed by atoms with Gasteiger partial charge in [0.2, 0.25) is 0 Å². The van der Waals surface area contributed by atoms with Crippen LogP contribution in [0, 0.1) is 6.92 Å².